The molecule has 0 saturated carbocycles. The highest BCUT2D eigenvalue weighted by Crippen LogP contribution is 2.33. The summed E-state index contributed by atoms with van der Waals surface area (Å²) in [5.74, 6) is 0.635. The van der Waals surface area contributed by atoms with E-state index in [0.717, 1.165) is 38.9 Å². The summed E-state index contributed by atoms with van der Waals surface area (Å²) in [5.41, 5.74) is -0.104. The van der Waals surface area contributed by atoms with Crippen LogP contribution in [-0.2, 0) is 19.3 Å². The zero-order valence-electron chi connectivity index (χ0n) is 10.6. The van der Waals surface area contributed by atoms with Gasteiger partial charge in [0.2, 0.25) is 0 Å². The molecule has 3 aliphatic rings. The molecule has 5 nitrogen and oxygen atoms in total. The molecule has 1 N–H and O–H groups in total. The largest absolute Gasteiger partial charge is 0.378 e. The Morgan fingerprint density at radius 2 is 2.06 bits per heavy atom. The smallest absolute Gasteiger partial charge is 0.151 e. The molecular formula is C12H21NO4S. The first-order valence-corrected chi connectivity index (χ1v) is 8.57. The Morgan fingerprint density at radius 1 is 1.17 bits per heavy atom. The van der Waals surface area contributed by atoms with E-state index in [1.807, 2.05) is 0 Å². The third-order valence-corrected chi connectivity index (χ3v) is 6.03. The SMILES string of the molecule is O=S1(=O)CCC(NC2CCOC3(CCOC3)C2)C1. The van der Waals surface area contributed by atoms with Crippen LogP contribution in [0.3, 0.4) is 0 Å². The maximum absolute atomic E-state index is 11.4. The first-order chi connectivity index (χ1) is 8.57. The van der Waals surface area contributed by atoms with Crippen molar-refractivity contribution in [3.63, 3.8) is 0 Å². The van der Waals surface area contributed by atoms with Gasteiger partial charge in [-0.3, -0.25) is 0 Å². The van der Waals surface area contributed by atoms with Crippen molar-refractivity contribution < 1.29 is 17.9 Å². The highest BCUT2D eigenvalue weighted by Gasteiger charge is 2.42. The quantitative estimate of drug-likeness (QED) is 0.774. The number of nitrogens with one attached hydrogen (secondary N) is 1. The van der Waals surface area contributed by atoms with Gasteiger partial charge < -0.3 is 14.8 Å². The second-order valence-electron chi connectivity index (χ2n) is 5.79. The maximum Gasteiger partial charge on any atom is 0.151 e. The van der Waals surface area contributed by atoms with Crippen LogP contribution in [0.1, 0.15) is 25.7 Å². The molecule has 3 heterocycles. The van der Waals surface area contributed by atoms with Crippen LogP contribution in [0.5, 0.6) is 0 Å². The van der Waals surface area contributed by atoms with Crippen LogP contribution in [0, 0.1) is 0 Å². The molecule has 0 bridgehead atoms. The van der Waals surface area contributed by atoms with Crippen LogP contribution >= 0.6 is 0 Å². The summed E-state index contributed by atoms with van der Waals surface area (Å²) in [7, 11) is -2.79. The summed E-state index contributed by atoms with van der Waals surface area (Å²) in [6, 6.07) is 0.510. The van der Waals surface area contributed by atoms with E-state index in [2.05, 4.69) is 5.32 Å². The van der Waals surface area contributed by atoms with Crippen LogP contribution in [-0.4, -0.2) is 57.4 Å². The molecule has 3 unspecified atom stereocenters. The molecule has 104 valence electrons. The monoisotopic (exact) mass is 275 g/mol. The molecule has 1 spiro atoms. The van der Waals surface area contributed by atoms with Gasteiger partial charge in [0.25, 0.3) is 0 Å². The summed E-state index contributed by atoms with van der Waals surface area (Å²) < 4.78 is 34.2. The zero-order valence-corrected chi connectivity index (χ0v) is 11.4. The molecule has 3 rings (SSSR count). The molecule has 18 heavy (non-hydrogen) atoms. The van der Waals surface area contributed by atoms with Crippen molar-refractivity contribution in [2.24, 2.45) is 0 Å². The van der Waals surface area contributed by atoms with E-state index in [1.54, 1.807) is 0 Å². The molecule has 0 aliphatic carbocycles. The lowest BCUT2D eigenvalue weighted by Crippen LogP contribution is -2.50. The van der Waals surface area contributed by atoms with Gasteiger partial charge in [0, 0.05) is 31.7 Å². The third kappa shape index (κ3) is 2.71. The van der Waals surface area contributed by atoms with Crippen molar-refractivity contribution in [1.82, 2.24) is 5.32 Å². The van der Waals surface area contributed by atoms with E-state index in [1.165, 1.54) is 0 Å². The van der Waals surface area contributed by atoms with Crippen LogP contribution in [0.25, 0.3) is 0 Å². The topological polar surface area (TPSA) is 64.6 Å². The zero-order chi connectivity index (χ0) is 12.6. The fourth-order valence-corrected chi connectivity index (χ4v) is 4.98. The molecule has 3 aliphatic heterocycles. The number of ether oxygens (including phenoxy) is 2. The predicted molar refractivity (Wildman–Crippen MR) is 67.3 cm³/mol. The lowest BCUT2D eigenvalue weighted by molar-refractivity contribution is -0.0900. The van der Waals surface area contributed by atoms with E-state index in [0.29, 0.717) is 24.2 Å². The fraction of sp³-hybridized carbons (Fsp3) is 1.00. The van der Waals surface area contributed by atoms with Crippen LogP contribution < -0.4 is 5.32 Å². The molecule has 3 atom stereocenters. The summed E-state index contributed by atoms with van der Waals surface area (Å²) in [6.07, 6.45) is 3.64. The Kier molecular flexibility index (Phi) is 3.38. The normalized spacial score (nSPS) is 43.6. The Labute approximate surface area is 108 Å². The minimum absolute atomic E-state index is 0.104. The minimum atomic E-state index is -2.79. The standard InChI is InChI=1S/C12H21NO4S/c14-18(15)6-2-11(8-18)13-10-1-4-17-12(7-10)3-5-16-9-12/h10-11,13H,1-9H2. The van der Waals surface area contributed by atoms with Crippen molar-refractivity contribution in [1.29, 1.82) is 0 Å². The molecule has 0 aromatic rings. The summed E-state index contributed by atoms with van der Waals surface area (Å²) >= 11 is 0. The van der Waals surface area contributed by atoms with Gasteiger partial charge in [-0.05, 0) is 19.3 Å². The molecule has 3 fully saturated rings. The average Bonchev–Trinajstić information content (AvgIpc) is 2.87. The second-order valence-corrected chi connectivity index (χ2v) is 8.02. The Morgan fingerprint density at radius 3 is 2.72 bits per heavy atom. The van der Waals surface area contributed by atoms with Gasteiger partial charge in [-0.25, -0.2) is 8.42 Å². The molecule has 0 amide bonds. The predicted octanol–water partition coefficient (Wildman–Crippen LogP) is 0.101. The third-order valence-electron chi connectivity index (χ3n) is 4.26. The van der Waals surface area contributed by atoms with Gasteiger partial charge in [-0.2, -0.15) is 0 Å². The van der Waals surface area contributed by atoms with E-state index < -0.39 is 9.84 Å². The first kappa shape index (κ1) is 12.8. The number of hydrogen-bond donors (Lipinski definition) is 1. The van der Waals surface area contributed by atoms with E-state index >= 15 is 0 Å². The summed E-state index contributed by atoms with van der Waals surface area (Å²) in [5, 5.41) is 3.51. The van der Waals surface area contributed by atoms with Crippen LogP contribution in [0.4, 0.5) is 0 Å². The number of rotatable bonds is 2. The van der Waals surface area contributed by atoms with Gasteiger partial charge in [-0.1, -0.05) is 0 Å². The Balaban J connectivity index is 1.57. The maximum atomic E-state index is 11.4. The van der Waals surface area contributed by atoms with E-state index in [-0.39, 0.29) is 11.6 Å². The van der Waals surface area contributed by atoms with Crippen molar-refractivity contribution in [2.45, 2.75) is 43.4 Å². The van der Waals surface area contributed by atoms with E-state index in [9.17, 15) is 8.42 Å². The van der Waals surface area contributed by atoms with E-state index in [4.69, 9.17) is 9.47 Å². The molecule has 0 radical (unpaired) electrons. The van der Waals surface area contributed by atoms with Crippen molar-refractivity contribution in [2.75, 3.05) is 31.3 Å². The summed E-state index contributed by atoms with van der Waals surface area (Å²) in [4.78, 5) is 0. The molecule has 0 aromatic carbocycles. The van der Waals surface area contributed by atoms with Crippen LogP contribution in [0.2, 0.25) is 0 Å². The Bertz CT molecular complexity index is 402. The lowest BCUT2D eigenvalue weighted by atomic mass is 9.89. The van der Waals surface area contributed by atoms with Gasteiger partial charge in [0.15, 0.2) is 9.84 Å². The highest BCUT2D eigenvalue weighted by atomic mass is 32.2. The first-order valence-electron chi connectivity index (χ1n) is 6.75. The van der Waals surface area contributed by atoms with Gasteiger partial charge in [0.1, 0.15) is 0 Å². The Hall–Kier alpha value is -0.170. The second kappa shape index (κ2) is 4.74. The molecular weight excluding hydrogens is 254 g/mol. The van der Waals surface area contributed by atoms with Gasteiger partial charge in [0.05, 0.1) is 23.7 Å². The number of hydrogen-bond acceptors (Lipinski definition) is 5. The average molecular weight is 275 g/mol. The fourth-order valence-electron chi connectivity index (χ4n) is 3.29. The van der Waals surface area contributed by atoms with Crippen molar-refractivity contribution in [3.05, 3.63) is 0 Å². The van der Waals surface area contributed by atoms with Crippen molar-refractivity contribution >= 4 is 9.84 Å². The molecule has 6 heteroatoms. The molecule has 3 saturated heterocycles. The van der Waals surface area contributed by atoms with Gasteiger partial charge in [-0.15, -0.1) is 0 Å². The summed E-state index contributed by atoms with van der Waals surface area (Å²) in [6.45, 7) is 2.22. The van der Waals surface area contributed by atoms with Gasteiger partial charge >= 0.3 is 0 Å². The molecule has 0 aromatic heterocycles. The lowest BCUT2D eigenvalue weighted by Gasteiger charge is -2.38. The van der Waals surface area contributed by atoms with Crippen molar-refractivity contribution in [3.8, 4) is 0 Å². The minimum Gasteiger partial charge on any atom is -0.378 e. The number of sulfone groups is 1. The van der Waals surface area contributed by atoms with Crippen LogP contribution in [0.15, 0.2) is 0 Å². The highest BCUT2D eigenvalue weighted by molar-refractivity contribution is 7.91.